The van der Waals surface area contributed by atoms with Crippen LogP contribution in [0.2, 0.25) is 5.02 Å². The highest BCUT2D eigenvalue weighted by atomic mass is 35.5. The first-order chi connectivity index (χ1) is 17.5. The van der Waals surface area contributed by atoms with E-state index in [-0.39, 0.29) is 24.2 Å². The zero-order chi connectivity index (χ0) is 26.7. The Hall–Kier alpha value is -2.97. The van der Waals surface area contributed by atoms with Crippen LogP contribution < -0.4 is 4.74 Å². The molecule has 2 aromatic carbocycles. The SMILES string of the molecule is Cc1cc(OCc2ccc(C(=O)N3CCN(Cc4cccc(C(F)(F)F)c4)CC3)o2)c(C(C)C)cc1Cl. The number of hydrogen-bond donors (Lipinski definition) is 0. The number of carbonyl (C=O) groups excluding carboxylic acids is 1. The molecule has 198 valence electrons. The number of carbonyl (C=O) groups is 1. The molecule has 0 atom stereocenters. The molecule has 0 spiro atoms. The molecule has 1 fully saturated rings. The highest BCUT2D eigenvalue weighted by Crippen LogP contribution is 2.33. The fraction of sp³-hybridized carbons (Fsp3) is 0.393. The second kappa shape index (κ2) is 11.2. The van der Waals surface area contributed by atoms with Crippen LogP contribution >= 0.6 is 11.6 Å². The van der Waals surface area contributed by atoms with Crippen molar-refractivity contribution in [3.05, 3.63) is 87.3 Å². The van der Waals surface area contributed by atoms with Gasteiger partial charge in [0.1, 0.15) is 18.1 Å². The molecule has 1 aliphatic heterocycles. The molecule has 0 N–H and O–H groups in total. The van der Waals surface area contributed by atoms with Gasteiger partial charge in [0.05, 0.1) is 5.56 Å². The van der Waals surface area contributed by atoms with Crippen LogP contribution in [-0.4, -0.2) is 41.9 Å². The van der Waals surface area contributed by atoms with E-state index in [1.54, 1.807) is 23.1 Å². The Kier molecular flexibility index (Phi) is 8.19. The summed E-state index contributed by atoms with van der Waals surface area (Å²) in [5.41, 5.74) is 1.87. The molecule has 4 rings (SSSR count). The third-order valence-electron chi connectivity index (χ3n) is 6.48. The van der Waals surface area contributed by atoms with Crippen molar-refractivity contribution < 1.29 is 27.1 Å². The van der Waals surface area contributed by atoms with E-state index in [0.717, 1.165) is 22.9 Å². The van der Waals surface area contributed by atoms with E-state index < -0.39 is 11.7 Å². The van der Waals surface area contributed by atoms with Gasteiger partial charge in [-0.1, -0.05) is 43.6 Å². The normalized spacial score (nSPS) is 14.9. The smallest absolute Gasteiger partial charge is 0.416 e. The molecule has 1 amide bonds. The molecule has 0 bridgehead atoms. The van der Waals surface area contributed by atoms with E-state index in [4.69, 9.17) is 20.8 Å². The van der Waals surface area contributed by atoms with Crippen LogP contribution in [0, 0.1) is 6.92 Å². The summed E-state index contributed by atoms with van der Waals surface area (Å²) in [6.45, 7) is 8.68. The second-order valence-electron chi connectivity index (χ2n) is 9.62. The largest absolute Gasteiger partial charge is 0.485 e. The van der Waals surface area contributed by atoms with Crippen LogP contribution in [-0.2, 0) is 19.3 Å². The number of nitrogens with zero attached hydrogens (tertiary/aromatic N) is 2. The lowest BCUT2D eigenvalue weighted by molar-refractivity contribution is -0.137. The summed E-state index contributed by atoms with van der Waals surface area (Å²) in [4.78, 5) is 16.7. The second-order valence-corrected chi connectivity index (χ2v) is 10.0. The molecule has 2 heterocycles. The molecule has 0 aliphatic carbocycles. The monoisotopic (exact) mass is 534 g/mol. The number of alkyl halides is 3. The van der Waals surface area contributed by atoms with E-state index in [0.29, 0.717) is 49.1 Å². The quantitative estimate of drug-likeness (QED) is 0.330. The highest BCUT2D eigenvalue weighted by molar-refractivity contribution is 6.31. The number of halogens is 4. The summed E-state index contributed by atoms with van der Waals surface area (Å²) in [5, 5.41) is 0.692. The third-order valence-corrected chi connectivity index (χ3v) is 6.88. The number of furan rings is 1. The van der Waals surface area contributed by atoms with Crippen LogP contribution in [0.1, 0.15) is 58.3 Å². The molecule has 9 heteroatoms. The van der Waals surface area contributed by atoms with E-state index in [9.17, 15) is 18.0 Å². The van der Waals surface area contributed by atoms with Gasteiger partial charge in [-0.15, -0.1) is 0 Å². The molecule has 37 heavy (non-hydrogen) atoms. The van der Waals surface area contributed by atoms with Crippen molar-refractivity contribution in [2.45, 2.75) is 46.0 Å². The summed E-state index contributed by atoms with van der Waals surface area (Å²) in [7, 11) is 0. The number of benzene rings is 2. The van der Waals surface area contributed by atoms with Crippen molar-refractivity contribution in [1.82, 2.24) is 9.80 Å². The molecule has 0 saturated carbocycles. The van der Waals surface area contributed by atoms with E-state index in [1.807, 2.05) is 24.0 Å². The maximum absolute atomic E-state index is 13.0. The highest BCUT2D eigenvalue weighted by Gasteiger charge is 2.31. The Balaban J connectivity index is 1.32. The maximum atomic E-state index is 13.0. The number of rotatable bonds is 7. The van der Waals surface area contributed by atoms with E-state index in [1.165, 1.54) is 12.1 Å². The number of piperazine rings is 1. The van der Waals surface area contributed by atoms with Crippen molar-refractivity contribution in [2.75, 3.05) is 26.2 Å². The number of aryl methyl sites for hydroxylation is 1. The van der Waals surface area contributed by atoms with Gasteiger partial charge in [0, 0.05) is 37.7 Å². The minimum absolute atomic E-state index is 0.179. The molecule has 0 radical (unpaired) electrons. The topological polar surface area (TPSA) is 45.9 Å². The van der Waals surface area contributed by atoms with Crippen molar-refractivity contribution in [3.8, 4) is 5.75 Å². The standard InChI is InChI=1S/C28H30ClF3N2O3/c1-18(2)23-15-24(29)19(3)13-26(23)36-17-22-7-8-25(37-22)27(35)34-11-9-33(10-12-34)16-20-5-4-6-21(14-20)28(30,31)32/h4-8,13-15,18H,9-12,16-17H2,1-3H3. The Morgan fingerprint density at radius 3 is 2.49 bits per heavy atom. The van der Waals surface area contributed by atoms with Gasteiger partial charge in [-0.3, -0.25) is 9.69 Å². The van der Waals surface area contributed by atoms with Crippen molar-refractivity contribution in [3.63, 3.8) is 0 Å². The van der Waals surface area contributed by atoms with Gasteiger partial charge in [-0.05, 0) is 59.9 Å². The van der Waals surface area contributed by atoms with E-state index >= 15 is 0 Å². The van der Waals surface area contributed by atoms with Gasteiger partial charge >= 0.3 is 6.18 Å². The van der Waals surface area contributed by atoms with Gasteiger partial charge < -0.3 is 14.1 Å². The van der Waals surface area contributed by atoms with Crippen LogP contribution in [0.5, 0.6) is 5.75 Å². The summed E-state index contributed by atoms with van der Waals surface area (Å²) < 4.78 is 50.7. The predicted molar refractivity (Wildman–Crippen MR) is 136 cm³/mol. The lowest BCUT2D eigenvalue weighted by Crippen LogP contribution is -2.48. The Morgan fingerprint density at radius 1 is 1.08 bits per heavy atom. The van der Waals surface area contributed by atoms with Gasteiger partial charge in [0.15, 0.2) is 5.76 Å². The lowest BCUT2D eigenvalue weighted by Gasteiger charge is -2.34. The predicted octanol–water partition coefficient (Wildman–Crippen LogP) is 6.92. The summed E-state index contributed by atoms with van der Waals surface area (Å²) in [6.07, 6.45) is -4.36. The first-order valence-corrected chi connectivity index (χ1v) is 12.6. The van der Waals surface area contributed by atoms with Crippen LogP contribution in [0.3, 0.4) is 0 Å². The van der Waals surface area contributed by atoms with Crippen molar-refractivity contribution in [1.29, 1.82) is 0 Å². The zero-order valence-corrected chi connectivity index (χ0v) is 21.8. The lowest BCUT2D eigenvalue weighted by atomic mass is 10.0. The summed E-state index contributed by atoms with van der Waals surface area (Å²) >= 11 is 6.27. The molecular weight excluding hydrogens is 505 g/mol. The Bertz CT molecular complexity index is 1250. The summed E-state index contributed by atoms with van der Waals surface area (Å²) in [6, 6.07) is 12.6. The average Bonchev–Trinajstić information content (AvgIpc) is 3.33. The molecular formula is C28H30ClF3N2O3. The molecule has 1 aromatic heterocycles. The molecule has 5 nitrogen and oxygen atoms in total. The minimum Gasteiger partial charge on any atom is -0.485 e. The molecule has 1 saturated heterocycles. The van der Waals surface area contributed by atoms with E-state index in [2.05, 4.69) is 13.8 Å². The fourth-order valence-electron chi connectivity index (χ4n) is 4.34. The third kappa shape index (κ3) is 6.67. The number of ether oxygens (including phenoxy) is 1. The Morgan fingerprint density at radius 2 is 1.81 bits per heavy atom. The molecule has 0 unspecified atom stereocenters. The van der Waals surface area contributed by atoms with Crippen LogP contribution in [0.4, 0.5) is 13.2 Å². The molecule has 3 aromatic rings. The van der Waals surface area contributed by atoms with Crippen molar-refractivity contribution in [2.24, 2.45) is 0 Å². The zero-order valence-electron chi connectivity index (χ0n) is 21.1. The van der Waals surface area contributed by atoms with Gasteiger partial charge in [-0.25, -0.2) is 0 Å². The summed E-state index contributed by atoms with van der Waals surface area (Å²) in [5.74, 6) is 1.53. The van der Waals surface area contributed by atoms with Gasteiger partial charge in [0.2, 0.25) is 0 Å². The van der Waals surface area contributed by atoms with Crippen LogP contribution in [0.25, 0.3) is 0 Å². The average molecular weight is 535 g/mol. The van der Waals surface area contributed by atoms with Crippen LogP contribution in [0.15, 0.2) is 52.9 Å². The fourth-order valence-corrected chi connectivity index (χ4v) is 4.51. The maximum Gasteiger partial charge on any atom is 0.416 e. The number of hydrogen-bond acceptors (Lipinski definition) is 4. The first kappa shape index (κ1) is 27.1. The van der Waals surface area contributed by atoms with Gasteiger partial charge in [0.25, 0.3) is 5.91 Å². The van der Waals surface area contributed by atoms with Gasteiger partial charge in [-0.2, -0.15) is 13.2 Å². The first-order valence-electron chi connectivity index (χ1n) is 12.2. The molecule has 1 aliphatic rings. The minimum atomic E-state index is -4.36. The van der Waals surface area contributed by atoms with Crippen molar-refractivity contribution >= 4 is 17.5 Å². The Labute approximate surface area is 219 Å². The number of amides is 1.